The van der Waals surface area contributed by atoms with Gasteiger partial charge in [-0.15, -0.1) is 0 Å². The average molecular weight is 672 g/mol. The molecule has 1 amide bonds. The number of unbranched alkanes of at least 4 members (excludes halogenated alkanes) is 24. The van der Waals surface area contributed by atoms with E-state index in [1.54, 1.807) is 6.08 Å². The Morgan fingerprint density at radius 1 is 0.479 bits per heavy atom. The third kappa shape index (κ3) is 35.7. The van der Waals surface area contributed by atoms with Crippen LogP contribution in [0.25, 0.3) is 0 Å². The first-order valence-electron chi connectivity index (χ1n) is 20.9. The minimum Gasteiger partial charge on any atom is -0.394 e. The summed E-state index contributed by atoms with van der Waals surface area (Å²) in [6.45, 7) is 4.27. The lowest BCUT2D eigenvalue weighted by atomic mass is 10.0. The Kier molecular flexibility index (Phi) is 38.4. The number of nitrogens with one attached hydrogen (secondary N) is 1. The molecule has 0 aliphatic rings. The number of amides is 1. The number of carbonyl (C=O) groups is 1. The largest absolute Gasteiger partial charge is 0.394 e. The Hall–Kier alpha value is -1.65. The van der Waals surface area contributed by atoms with E-state index in [0.29, 0.717) is 6.42 Å². The number of aliphatic hydroxyl groups is 2. The van der Waals surface area contributed by atoms with Crippen LogP contribution >= 0.6 is 0 Å². The van der Waals surface area contributed by atoms with Gasteiger partial charge in [0.2, 0.25) is 5.91 Å². The normalized spacial score (nSPS) is 13.5. The topological polar surface area (TPSA) is 69.6 Å². The molecule has 0 rings (SSSR count). The van der Waals surface area contributed by atoms with Gasteiger partial charge < -0.3 is 15.5 Å². The lowest BCUT2D eigenvalue weighted by Gasteiger charge is -2.19. The zero-order valence-corrected chi connectivity index (χ0v) is 32.0. The van der Waals surface area contributed by atoms with Gasteiger partial charge in [0.15, 0.2) is 0 Å². The molecular weight excluding hydrogens is 590 g/mol. The molecule has 0 saturated heterocycles. The fraction of sp³-hybridized carbons (Fsp3) is 0.795. The Bertz CT molecular complexity index is 771. The quantitative estimate of drug-likeness (QED) is 0.0455. The number of hydrogen-bond donors (Lipinski definition) is 3. The maximum absolute atomic E-state index is 12.3. The molecule has 0 bridgehead atoms. The van der Waals surface area contributed by atoms with Gasteiger partial charge in [0.25, 0.3) is 0 Å². The fourth-order valence-electron chi connectivity index (χ4n) is 6.03. The SMILES string of the molecule is CCCCCCCC/C=C\CCCCCC(=O)NC(CO)C(O)/C=C/CC/C=C/CC/C=C/CCCCCCCCCCCCCCC. The summed E-state index contributed by atoms with van der Waals surface area (Å²) in [5, 5.41) is 22.9. The van der Waals surface area contributed by atoms with Crippen molar-refractivity contribution in [3.8, 4) is 0 Å². The summed E-state index contributed by atoms with van der Waals surface area (Å²) in [7, 11) is 0. The predicted molar refractivity (Wildman–Crippen MR) is 211 cm³/mol. The smallest absolute Gasteiger partial charge is 0.220 e. The highest BCUT2D eigenvalue weighted by Gasteiger charge is 2.17. The Morgan fingerprint density at radius 2 is 0.812 bits per heavy atom. The minimum atomic E-state index is -0.875. The lowest BCUT2D eigenvalue weighted by molar-refractivity contribution is -0.123. The van der Waals surface area contributed by atoms with E-state index in [4.69, 9.17) is 0 Å². The third-order valence-electron chi connectivity index (χ3n) is 9.26. The summed E-state index contributed by atoms with van der Waals surface area (Å²) < 4.78 is 0. The Labute approximate surface area is 299 Å². The molecule has 0 heterocycles. The highest BCUT2D eigenvalue weighted by molar-refractivity contribution is 5.76. The molecule has 2 atom stereocenters. The van der Waals surface area contributed by atoms with Crippen LogP contribution in [0.4, 0.5) is 0 Å². The molecule has 0 aromatic heterocycles. The maximum Gasteiger partial charge on any atom is 0.220 e. The molecule has 2 unspecified atom stereocenters. The lowest BCUT2D eigenvalue weighted by Crippen LogP contribution is -2.45. The van der Waals surface area contributed by atoms with E-state index in [0.717, 1.165) is 51.4 Å². The van der Waals surface area contributed by atoms with Crippen molar-refractivity contribution in [3.05, 3.63) is 48.6 Å². The van der Waals surface area contributed by atoms with Crippen LogP contribution in [-0.2, 0) is 4.79 Å². The third-order valence-corrected chi connectivity index (χ3v) is 9.26. The van der Waals surface area contributed by atoms with E-state index in [2.05, 4.69) is 55.6 Å². The standard InChI is InChI=1S/C44H81NO3/c1-3-5-7-9-11-13-15-17-18-19-20-21-22-23-24-25-26-28-29-31-33-35-37-39-43(47)42(41-46)45-44(48)40-38-36-34-32-30-27-16-14-12-10-8-6-4-2/h24-25,27,29-31,37,39,42-43,46-47H,3-23,26,28,32-36,38,40-41H2,1-2H3,(H,45,48)/b25-24+,30-27-,31-29+,39-37+. The molecule has 280 valence electrons. The van der Waals surface area contributed by atoms with E-state index >= 15 is 0 Å². The van der Waals surface area contributed by atoms with Crippen LogP contribution in [0, 0.1) is 0 Å². The number of rotatable bonds is 37. The van der Waals surface area contributed by atoms with Crippen LogP contribution in [0.2, 0.25) is 0 Å². The first-order valence-corrected chi connectivity index (χ1v) is 20.9. The summed E-state index contributed by atoms with van der Waals surface area (Å²) >= 11 is 0. The van der Waals surface area contributed by atoms with Gasteiger partial charge in [-0.1, -0.05) is 178 Å². The highest BCUT2D eigenvalue weighted by Crippen LogP contribution is 2.13. The van der Waals surface area contributed by atoms with Crippen molar-refractivity contribution in [2.24, 2.45) is 0 Å². The van der Waals surface area contributed by atoms with Crippen LogP contribution < -0.4 is 5.32 Å². The van der Waals surface area contributed by atoms with E-state index in [9.17, 15) is 15.0 Å². The second-order valence-electron chi connectivity index (χ2n) is 14.0. The maximum atomic E-state index is 12.3. The molecule has 0 spiro atoms. The van der Waals surface area contributed by atoms with E-state index < -0.39 is 12.1 Å². The number of hydrogen-bond acceptors (Lipinski definition) is 3. The minimum absolute atomic E-state index is 0.0959. The molecule has 4 heteroatoms. The van der Waals surface area contributed by atoms with Gasteiger partial charge in [0.1, 0.15) is 0 Å². The second-order valence-corrected chi connectivity index (χ2v) is 14.0. The van der Waals surface area contributed by atoms with Gasteiger partial charge in [-0.2, -0.15) is 0 Å². The number of allylic oxidation sites excluding steroid dienone is 7. The molecule has 0 aromatic rings. The fourth-order valence-corrected chi connectivity index (χ4v) is 6.03. The van der Waals surface area contributed by atoms with Gasteiger partial charge in [-0.05, 0) is 70.6 Å². The van der Waals surface area contributed by atoms with Crippen LogP contribution in [-0.4, -0.2) is 34.9 Å². The van der Waals surface area contributed by atoms with Crippen LogP contribution in [0.5, 0.6) is 0 Å². The Morgan fingerprint density at radius 3 is 1.21 bits per heavy atom. The van der Waals surface area contributed by atoms with Crippen molar-refractivity contribution < 1.29 is 15.0 Å². The molecular formula is C44H81NO3. The molecule has 4 nitrogen and oxygen atoms in total. The molecule has 0 radical (unpaired) electrons. The molecule has 0 aliphatic carbocycles. The summed E-state index contributed by atoms with van der Waals surface area (Å²) in [5.41, 5.74) is 0. The van der Waals surface area contributed by atoms with Crippen LogP contribution in [0.15, 0.2) is 48.6 Å². The zero-order valence-electron chi connectivity index (χ0n) is 32.0. The van der Waals surface area contributed by atoms with Crippen LogP contribution in [0.1, 0.15) is 206 Å². The first-order chi connectivity index (χ1) is 23.7. The van der Waals surface area contributed by atoms with Gasteiger partial charge in [-0.3, -0.25) is 4.79 Å². The summed E-state index contributed by atoms with van der Waals surface area (Å²) in [4.78, 5) is 12.3. The van der Waals surface area contributed by atoms with Crippen molar-refractivity contribution in [2.45, 2.75) is 219 Å². The Balaban J connectivity index is 3.67. The van der Waals surface area contributed by atoms with Gasteiger partial charge in [-0.25, -0.2) is 0 Å². The van der Waals surface area contributed by atoms with Crippen molar-refractivity contribution in [2.75, 3.05) is 6.61 Å². The van der Waals surface area contributed by atoms with E-state index in [1.807, 2.05) is 6.08 Å². The van der Waals surface area contributed by atoms with Crippen LogP contribution in [0.3, 0.4) is 0 Å². The van der Waals surface area contributed by atoms with Crippen molar-refractivity contribution in [1.82, 2.24) is 5.32 Å². The highest BCUT2D eigenvalue weighted by atomic mass is 16.3. The van der Waals surface area contributed by atoms with Gasteiger partial charge in [0, 0.05) is 6.42 Å². The van der Waals surface area contributed by atoms with E-state index in [1.165, 1.54) is 135 Å². The summed E-state index contributed by atoms with van der Waals surface area (Å²) in [6, 6.07) is -0.652. The molecule has 0 aromatic carbocycles. The average Bonchev–Trinajstić information content (AvgIpc) is 3.09. The predicted octanol–water partition coefficient (Wildman–Crippen LogP) is 12.8. The summed E-state index contributed by atoms with van der Waals surface area (Å²) in [6.07, 6.45) is 53.6. The first kappa shape index (κ1) is 46.4. The van der Waals surface area contributed by atoms with Gasteiger partial charge in [0.05, 0.1) is 18.8 Å². The molecule has 48 heavy (non-hydrogen) atoms. The van der Waals surface area contributed by atoms with Crippen molar-refractivity contribution in [1.29, 1.82) is 0 Å². The summed E-state index contributed by atoms with van der Waals surface area (Å²) in [5.74, 6) is -0.0959. The van der Waals surface area contributed by atoms with Crippen molar-refractivity contribution in [3.63, 3.8) is 0 Å². The molecule has 0 saturated carbocycles. The van der Waals surface area contributed by atoms with E-state index in [-0.39, 0.29) is 12.5 Å². The molecule has 3 N–H and O–H groups in total. The van der Waals surface area contributed by atoms with Gasteiger partial charge >= 0.3 is 0 Å². The number of aliphatic hydroxyl groups excluding tert-OH is 2. The zero-order chi connectivity index (χ0) is 35.0. The second kappa shape index (κ2) is 39.8. The molecule has 0 aliphatic heterocycles. The van der Waals surface area contributed by atoms with Crippen molar-refractivity contribution >= 4 is 5.91 Å². The monoisotopic (exact) mass is 672 g/mol. The number of carbonyl (C=O) groups excluding carboxylic acids is 1. The molecule has 0 fully saturated rings.